The van der Waals surface area contributed by atoms with E-state index in [9.17, 15) is 14.7 Å². The van der Waals surface area contributed by atoms with Crippen LogP contribution in [-0.4, -0.2) is 41.2 Å². The maximum absolute atomic E-state index is 12.9. The zero-order valence-electron chi connectivity index (χ0n) is 23.1. The molecule has 6 rings (SSSR count). The van der Waals surface area contributed by atoms with Crippen molar-refractivity contribution in [3.8, 4) is 0 Å². The summed E-state index contributed by atoms with van der Waals surface area (Å²) in [5.41, 5.74) is 6.46. The smallest absolute Gasteiger partial charge is 0.251 e. The number of carbonyl (C=O) groups is 2. The molecule has 202 valence electrons. The van der Waals surface area contributed by atoms with Gasteiger partial charge in [-0.2, -0.15) is 0 Å². The third-order valence-electron chi connectivity index (χ3n) is 10.6. The molecular weight excluding hydrogens is 474 g/mol. The molecule has 1 heterocycles. The minimum Gasteiger partial charge on any atom is -0.394 e. The molecule has 2 unspecified atom stereocenters. The van der Waals surface area contributed by atoms with Crippen molar-refractivity contribution in [1.29, 1.82) is 0 Å². The minimum atomic E-state index is -0.674. The molecule has 0 radical (unpaired) electrons. The lowest BCUT2D eigenvalue weighted by atomic mass is 9.50. The lowest BCUT2D eigenvalue weighted by molar-refractivity contribution is -0.114. The second-order valence-corrected chi connectivity index (χ2v) is 13.2. The van der Waals surface area contributed by atoms with Gasteiger partial charge in [-0.25, -0.2) is 0 Å². The fourth-order valence-corrected chi connectivity index (χ4v) is 8.70. The Hall–Kier alpha value is -2.50. The van der Waals surface area contributed by atoms with Crippen LogP contribution in [0, 0.1) is 17.3 Å². The molecule has 5 heteroatoms. The molecule has 1 aromatic rings. The Morgan fingerprint density at radius 3 is 2.61 bits per heavy atom. The van der Waals surface area contributed by atoms with Crippen LogP contribution < -0.4 is 5.32 Å². The van der Waals surface area contributed by atoms with Gasteiger partial charge in [0.25, 0.3) is 5.91 Å². The number of ether oxygens (including phenoxy) is 1. The van der Waals surface area contributed by atoms with Crippen molar-refractivity contribution >= 4 is 11.7 Å². The van der Waals surface area contributed by atoms with Gasteiger partial charge in [0.1, 0.15) is 0 Å². The second-order valence-electron chi connectivity index (χ2n) is 13.2. The molecule has 38 heavy (non-hydrogen) atoms. The summed E-state index contributed by atoms with van der Waals surface area (Å²) in [5, 5.41) is 12.5. The van der Waals surface area contributed by atoms with Crippen LogP contribution >= 0.6 is 0 Å². The number of carbonyl (C=O) groups excluding carboxylic acids is 2. The van der Waals surface area contributed by atoms with Gasteiger partial charge in [0.15, 0.2) is 5.78 Å². The van der Waals surface area contributed by atoms with Gasteiger partial charge in [-0.15, -0.1) is 0 Å². The van der Waals surface area contributed by atoms with E-state index in [2.05, 4.69) is 31.0 Å². The van der Waals surface area contributed by atoms with Gasteiger partial charge >= 0.3 is 0 Å². The van der Waals surface area contributed by atoms with Gasteiger partial charge in [-0.3, -0.25) is 9.59 Å². The molecule has 1 amide bonds. The third kappa shape index (κ3) is 3.80. The van der Waals surface area contributed by atoms with Crippen molar-refractivity contribution in [3.63, 3.8) is 0 Å². The number of aliphatic hydroxyl groups is 1. The molecular formula is C33H41NO4. The Balaban J connectivity index is 1.42. The Kier molecular flexibility index (Phi) is 6.12. The average molecular weight is 516 g/mol. The summed E-state index contributed by atoms with van der Waals surface area (Å²) < 4.78 is 6.63. The molecule has 2 saturated carbocycles. The molecule has 5 atom stereocenters. The first-order valence-electron chi connectivity index (χ1n) is 14.4. The number of fused-ring (bicyclic) bond motifs is 5. The first-order chi connectivity index (χ1) is 18.1. The normalized spacial score (nSPS) is 34.6. The van der Waals surface area contributed by atoms with Crippen LogP contribution in [0.4, 0.5) is 0 Å². The maximum Gasteiger partial charge on any atom is 0.251 e. The number of benzene rings is 1. The molecule has 5 aliphatic rings. The van der Waals surface area contributed by atoms with Crippen molar-refractivity contribution in [2.45, 2.75) is 89.2 Å². The lowest BCUT2D eigenvalue weighted by Crippen LogP contribution is -2.52. The molecule has 0 aromatic heterocycles. The van der Waals surface area contributed by atoms with E-state index >= 15 is 0 Å². The number of ketones is 1. The second kappa shape index (κ2) is 9.02. The fourth-order valence-electron chi connectivity index (χ4n) is 8.70. The van der Waals surface area contributed by atoms with Crippen LogP contribution in [0.5, 0.6) is 0 Å². The summed E-state index contributed by atoms with van der Waals surface area (Å²) in [6.07, 6.45) is 9.62. The van der Waals surface area contributed by atoms with Crippen molar-refractivity contribution in [1.82, 2.24) is 5.32 Å². The largest absolute Gasteiger partial charge is 0.394 e. The highest BCUT2D eigenvalue weighted by Gasteiger charge is 2.65. The maximum atomic E-state index is 12.9. The van der Waals surface area contributed by atoms with E-state index in [1.807, 2.05) is 32.1 Å². The zero-order valence-corrected chi connectivity index (χ0v) is 23.1. The number of hydrogen-bond acceptors (Lipinski definition) is 4. The summed E-state index contributed by atoms with van der Waals surface area (Å²) in [6, 6.07) is 8.09. The number of allylic oxidation sites excluding steroid dienone is 4. The predicted molar refractivity (Wildman–Crippen MR) is 148 cm³/mol. The number of nitrogens with one attached hydrogen (secondary N) is 1. The van der Waals surface area contributed by atoms with Gasteiger partial charge in [-0.1, -0.05) is 31.2 Å². The third-order valence-corrected chi connectivity index (χ3v) is 10.6. The van der Waals surface area contributed by atoms with E-state index in [1.165, 1.54) is 28.7 Å². The van der Waals surface area contributed by atoms with E-state index < -0.39 is 5.54 Å². The lowest BCUT2D eigenvalue weighted by Gasteiger charge is -2.55. The average Bonchev–Trinajstić information content (AvgIpc) is 3.43. The predicted octanol–water partition coefficient (Wildman–Crippen LogP) is 5.80. The van der Waals surface area contributed by atoms with Gasteiger partial charge in [0.05, 0.1) is 24.4 Å². The van der Waals surface area contributed by atoms with Gasteiger partial charge in [-0.05, 0) is 111 Å². The standard InChI is InChI=1S/C33H41NO4/c1-20-14-16-38-33(20)15-13-28-26-11-9-23-17-24(36)10-12-25(23)29(26)27(18-32(28,33)4)21-5-7-22(8-6-21)30(37)34-31(2,3)19-35/h5-8,17,26-28,35H,1,9-16,18-19H2,2-4H3,(H,34,37)/t26?,27-,28?,32+,33+/m1/s1. The fraction of sp³-hybridized carbons (Fsp3) is 0.576. The number of hydrogen-bond donors (Lipinski definition) is 2. The van der Waals surface area contributed by atoms with Gasteiger partial charge in [0.2, 0.25) is 0 Å². The quantitative estimate of drug-likeness (QED) is 0.497. The highest BCUT2D eigenvalue weighted by atomic mass is 16.5. The summed E-state index contributed by atoms with van der Waals surface area (Å²) >= 11 is 0. The van der Waals surface area contributed by atoms with Crippen molar-refractivity contribution in [2.24, 2.45) is 17.3 Å². The highest BCUT2D eigenvalue weighted by molar-refractivity contribution is 5.95. The van der Waals surface area contributed by atoms with E-state index in [0.717, 1.165) is 45.1 Å². The molecule has 3 fully saturated rings. The molecule has 2 N–H and O–H groups in total. The van der Waals surface area contributed by atoms with Crippen LogP contribution in [0.1, 0.15) is 94.0 Å². The van der Waals surface area contributed by atoms with Crippen LogP contribution in [0.2, 0.25) is 0 Å². The van der Waals surface area contributed by atoms with Crippen LogP contribution in [0.15, 0.2) is 59.2 Å². The molecule has 1 saturated heterocycles. The van der Waals surface area contributed by atoms with Crippen molar-refractivity contribution in [2.75, 3.05) is 13.2 Å². The monoisotopic (exact) mass is 515 g/mol. The first kappa shape index (κ1) is 25.8. The van der Waals surface area contributed by atoms with Crippen LogP contribution in [0.3, 0.4) is 0 Å². The van der Waals surface area contributed by atoms with Crippen molar-refractivity contribution < 1.29 is 19.4 Å². The number of rotatable bonds is 4. The topological polar surface area (TPSA) is 75.6 Å². The number of aliphatic hydroxyl groups excluding tert-OH is 1. The first-order valence-corrected chi connectivity index (χ1v) is 14.4. The Bertz CT molecular complexity index is 1250. The van der Waals surface area contributed by atoms with E-state index in [-0.39, 0.29) is 35.2 Å². The summed E-state index contributed by atoms with van der Waals surface area (Å²) in [5.74, 6) is 1.36. The zero-order chi connectivity index (χ0) is 26.9. The van der Waals surface area contributed by atoms with Crippen molar-refractivity contribution in [3.05, 3.63) is 70.3 Å². The number of amides is 1. The van der Waals surface area contributed by atoms with Gasteiger partial charge < -0.3 is 15.2 Å². The van der Waals surface area contributed by atoms with Gasteiger partial charge in [0, 0.05) is 23.3 Å². The molecule has 1 spiro atoms. The van der Waals surface area contributed by atoms with Crippen LogP contribution in [0.25, 0.3) is 0 Å². The Labute approximate surface area is 226 Å². The summed E-state index contributed by atoms with van der Waals surface area (Å²) in [4.78, 5) is 25.2. The molecule has 5 nitrogen and oxygen atoms in total. The molecule has 1 aliphatic heterocycles. The Morgan fingerprint density at radius 2 is 1.92 bits per heavy atom. The molecule has 4 aliphatic carbocycles. The van der Waals surface area contributed by atoms with Crippen LogP contribution in [-0.2, 0) is 9.53 Å². The van der Waals surface area contributed by atoms with E-state index in [4.69, 9.17) is 4.74 Å². The highest BCUT2D eigenvalue weighted by Crippen LogP contribution is 2.70. The Morgan fingerprint density at radius 1 is 1.16 bits per heavy atom. The minimum absolute atomic E-state index is 0.00682. The molecule has 0 bridgehead atoms. The molecule has 1 aromatic carbocycles. The van der Waals surface area contributed by atoms with E-state index in [1.54, 1.807) is 5.57 Å². The SMILES string of the molecule is C=C1CCO[C@@]12CCC1C3CCC4=CC(=O)CCC4=C3[C@@H](c3ccc(C(=O)NC(C)(C)CO)cc3)C[C@@]12C. The van der Waals surface area contributed by atoms with E-state index in [0.29, 0.717) is 23.8 Å². The summed E-state index contributed by atoms with van der Waals surface area (Å²) in [7, 11) is 0. The summed E-state index contributed by atoms with van der Waals surface area (Å²) in [6.45, 7) is 11.3.